The SMILES string of the molecule is COc1ccc([C@H]2C=C3Nc4ncnn4[C@@H](c4ccccc4)[C@@H]3C(=O)C2)c(OC)c1. The van der Waals surface area contributed by atoms with Crippen LogP contribution in [0.1, 0.15) is 29.5 Å². The van der Waals surface area contributed by atoms with E-state index < -0.39 is 0 Å². The third kappa shape index (κ3) is 2.94. The summed E-state index contributed by atoms with van der Waals surface area (Å²) in [5, 5.41) is 7.73. The van der Waals surface area contributed by atoms with E-state index in [-0.39, 0.29) is 23.7 Å². The number of nitrogens with one attached hydrogen (secondary N) is 1. The maximum Gasteiger partial charge on any atom is 0.226 e. The number of fused-ring (bicyclic) bond motifs is 2. The topological polar surface area (TPSA) is 78.3 Å². The molecule has 7 heteroatoms. The van der Waals surface area contributed by atoms with Gasteiger partial charge in [-0.3, -0.25) is 4.79 Å². The summed E-state index contributed by atoms with van der Waals surface area (Å²) in [5.41, 5.74) is 2.86. The van der Waals surface area contributed by atoms with Crippen molar-refractivity contribution in [1.82, 2.24) is 14.8 Å². The number of hydrogen-bond donors (Lipinski definition) is 1. The molecule has 152 valence electrons. The van der Waals surface area contributed by atoms with Gasteiger partial charge < -0.3 is 14.8 Å². The molecule has 1 aliphatic carbocycles. The van der Waals surface area contributed by atoms with Gasteiger partial charge in [0.25, 0.3) is 0 Å². The van der Waals surface area contributed by atoms with E-state index in [0.717, 1.165) is 22.6 Å². The van der Waals surface area contributed by atoms with Crippen LogP contribution in [0.4, 0.5) is 5.95 Å². The van der Waals surface area contributed by atoms with Gasteiger partial charge in [-0.2, -0.15) is 10.1 Å². The van der Waals surface area contributed by atoms with Crippen LogP contribution in [0, 0.1) is 5.92 Å². The number of carbonyl (C=O) groups excluding carboxylic acids is 1. The Morgan fingerprint density at radius 2 is 1.93 bits per heavy atom. The first-order chi connectivity index (χ1) is 14.7. The van der Waals surface area contributed by atoms with Gasteiger partial charge in [-0.05, 0) is 11.6 Å². The number of allylic oxidation sites excluding steroid dienone is 2. The number of Topliss-reactive ketones (excluding diaryl/α,β-unsaturated/α-hetero) is 1. The first-order valence-electron chi connectivity index (χ1n) is 9.87. The highest BCUT2D eigenvalue weighted by Gasteiger charge is 2.43. The molecule has 7 nitrogen and oxygen atoms in total. The predicted molar refractivity (Wildman–Crippen MR) is 112 cm³/mol. The molecule has 2 aromatic carbocycles. The number of anilines is 1. The van der Waals surface area contributed by atoms with E-state index in [0.29, 0.717) is 18.1 Å². The van der Waals surface area contributed by atoms with Crippen molar-refractivity contribution >= 4 is 11.7 Å². The number of methoxy groups -OCH3 is 2. The fourth-order valence-corrected chi connectivity index (χ4v) is 4.48. The zero-order valence-corrected chi connectivity index (χ0v) is 16.8. The van der Waals surface area contributed by atoms with Gasteiger partial charge in [-0.15, -0.1) is 0 Å². The predicted octanol–water partition coefficient (Wildman–Crippen LogP) is 3.57. The van der Waals surface area contributed by atoms with Crippen LogP contribution in [0.15, 0.2) is 66.6 Å². The van der Waals surface area contributed by atoms with E-state index in [9.17, 15) is 4.79 Å². The lowest BCUT2D eigenvalue weighted by molar-refractivity contribution is -0.123. The third-order valence-corrected chi connectivity index (χ3v) is 5.87. The van der Waals surface area contributed by atoms with Crippen molar-refractivity contribution in [2.24, 2.45) is 5.92 Å². The van der Waals surface area contributed by atoms with Crippen molar-refractivity contribution in [1.29, 1.82) is 0 Å². The fourth-order valence-electron chi connectivity index (χ4n) is 4.48. The molecule has 1 aliphatic heterocycles. The number of ether oxygens (including phenoxy) is 2. The molecule has 1 aromatic heterocycles. The Morgan fingerprint density at radius 1 is 1.10 bits per heavy atom. The van der Waals surface area contributed by atoms with Gasteiger partial charge in [-0.1, -0.05) is 42.5 Å². The molecular weight excluding hydrogens is 380 g/mol. The van der Waals surface area contributed by atoms with Crippen molar-refractivity contribution < 1.29 is 14.3 Å². The molecule has 0 fully saturated rings. The molecule has 0 saturated heterocycles. The van der Waals surface area contributed by atoms with E-state index in [1.165, 1.54) is 6.33 Å². The Kier molecular flexibility index (Phi) is 4.50. The summed E-state index contributed by atoms with van der Waals surface area (Å²) in [6.07, 6.45) is 4.04. The second-order valence-electron chi connectivity index (χ2n) is 7.49. The molecule has 0 bridgehead atoms. The lowest BCUT2D eigenvalue weighted by Crippen LogP contribution is -2.40. The number of carbonyl (C=O) groups is 1. The van der Waals surface area contributed by atoms with E-state index >= 15 is 0 Å². The van der Waals surface area contributed by atoms with Gasteiger partial charge in [0.15, 0.2) is 0 Å². The molecule has 3 aromatic rings. The standard InChI is InChI=1S/C23H22N4O3/c1-29-16-8-9-17(20(12-16)30-2)15-10-18-21(19(28)11-15)22(14-6-4-3-5-7-14)27-23(26-18)24-13-25-27/h3-10,12-13,15,21-22H,11H2,1-2H3,(H,24,25,26)/t15-,21-,22-/m0/s1. The van der Waals surface area contributed by atoms with Crippen LogP contribution in [0.3, 0.4) is 0 Å². The Morgan fingerprint density at radius 3 is 2.70 bits per heavy atom. The Balaban J connectivity index is 1.59. The summed E-state index contributed by atoms with van der Waals surface area (Å²) >= 11 is 0. The zero-order valence-electron chi connectivity index (χ0n) is 16.8. The van der Waals surface area contributed by atoms with Crippen LogP contribution < -0.4 is 14.8 Å². The second-order valence-corrected chi connectivity index (χ2v) is 7.49. The molecule has 2 aliphatic rings. The van der Waals surface area contributed by atoms with Gasteiger partial charge in [0.2, 0.25) is 5.95 Å². The minimum atomic E-state index is -0.331. The first-order valence-corrected chi connectivity index (χ1v) is 9.87. The average Bonchev–Trinajstić information content (AvgIpc) is 3.25. The van der Waals surface area contributed by atoms with Crippen LogP contribution in [0.2, 0.25) is 0 Å². The Hall–Kier alpha value is -3.61. The number of rotatable bonds is 4. The largest absolute Gasteiger partial charge is 0.497 e. The fraction of sp³-hybridized carbons (Fsp3) is 0.261. The smallest absolute Gasteiger partial charge is 0.226 e. The Bertz CT molecular complexity index is 1120. The van der Waals surface area contributed by atoms with Crippen molar-refractivity contribution in [2.45, 2.75) is 18.4 Å². The summed E-state index contributed by atoms with van der Waals surface area (Å²) in [5.74, 6) is 1.81. The molecule has 0 saturated carbocycles. The molecule has 5 rings (SSSR count). The molecule has 3 atom stereocenters. The number of hydrogen-bond acceptors (Lipinski definition) is 6. The number of benzene rings is 2. The molecule has 0 unspecified atom stereocenters. The van der Waals surface area contributed by atoms with Crippen LogP contribution in [-0.2, 0) is 4.79 Å². The minimum Gasteiger partial charge on any atom is -0.497 e. The molecule has 1 N–H and O–H groups in total. The van der Waals surface area contributed by atoms with Crippen molar-refractivity contribution in [3.63, 3.8) is 0 Å². The first kappa shape index (κ1) is 18.4. The van der Waals surface area contributed by atoms with Crippen molar-refractivity contribution in [3.8, 4) is 11.5 Å². The highest BCUT2D eigenvalue weighted by atomic mass is 16.5. The maximum atomic E-state index is 13.4. The van der Waals surface area contributed by atoms with Gasteiger partial charge in [0.05, 0.1) is 26.2 Å². The normalized spacial score (nSPS) is 22.4. The molecule has 0 spiro atoms. The van der Waals surface area contributed by atoms with Crippen molar-refractivity contribution in [2.75, 3.05) is 19.5 Å². The summed E-state index contributed by atoms with van der Waals surface area (Å²) in [7, 11) is 3.25. The van der Waals surface area contributed by atoms with Crippen LogP contribution in [0.25, 0.3) is 0 Å². The second kappa shape index (κ2) is 7.33. The van der Waals surface area contributed by atoms with E-state index in [1.54, 1.807) is 14.2 Å². The van der Waals surface area contributed by atoms with Gasteiger partial charge in [0.1, 0.15) is 23.6 Å². The third-order valence-electron chi connectivity index (χ3n) is 5.87. The quantitative estimate of drug-likeness (QED) is 0.719. The molecule has 0 radical (unpaired) electrons. The lowest BCUT2D eigenvalue weighted by Gasteiger charge is -2.38. The summed E-state index contributed by atoms with van der Waals surface area (Å²) in [6, 6.07) is 15.5. The Labute approximate surface area is 174 Å². The average molecular weight is 402 g/mol. The molecular formula is C23H22N4O3. The lowest BCUT2D eigenvalue weighted by atomic mass is 9.75. The summed E-state index contributed by atoms with van der Waals surface area (Å²) < 4.78 is 12.7. The summed E-state index contributed by atoms with van der Waals surface area (Å²) in [6.45, 7) is 0. The monoisotopic (exact) mass is 402 g/mol. The van der Waals surface area contributed by atoms with Crippen LogP contribution in [0.5, 0.6) is 11.5 Å². The van der Waals surface area contributed by atoms with E-state index in [4.69, 9.17) is 9.47 Å². The van der Waals surface area contributed by atoms with Gasteiger partial charge in [0, 0.05) is 29.7 Å². The highest BCUT2D eigenvalue weighted by Crippen LogP contribution is 2.45. The molecule has 0 amide bonds. The van der Waals surface area contributed by atoms with Crippen LogP contribution >= 0.6 is 0 Å². The molecule has 30 heavy (non-hydrogen) atoms. The highest BCUT2D eigenvalue weighted by molar-refractivity contribution is 5.89. The number of aromatic nitrogens is 3. The van der Waals surface area contributed by atoms with Crippen LogP contribution in [-0.4, -0.2) is 34.8 Å². The minimum absolute atomic E-state index is 0.0944. The van der Waals surface area contributed by atoms with E-state index in [2.05, 4.69) is 21.5 Å². The van der Waals surface area contributed by atoms with E-state index in [1.807, 2.05) is 53.2 Å². The molecule has 2 heterocycles. The van der Waals surface area contributed by atoms with Gasteiger partial charge in [-0.25, -0.2) is 4.68 Å². The maximum absolute atomic E-state index is 13.4. The van der Waals surface area contributed by atoms with Gasteiger partial charge >= 0.3 is 0 Å². The zero-order chi connectivity index (χ0) is 20.7. The van der Waals surface area contributed by atoms with Crippen molar-refractivity contribution in [3.05, 3.63) is 77.8 Å². The number of ketones is 1. The number of nitrogens with zero attached hydrogens (tertiary/aromatic N) is 3. The summed E-state index contributed by atoms with van der Waals surface area (Å²) in [4.78, 5) is 17.8.